The van der Waals surface area contributed by atoms with E-state index in [0.717, 1.165) is 0 Å². The monoisotopic (exact) mass is 287 g/mol. The summed E-state index contributed by atoms with van der Waals surface area (Å²) in [6, 6.07) is 0. The van der Waals surface area contributed by atoms with Gasteiger partial charge >= 0.3 is 90.8 Å². The minimum absolute atomic E-state index is 0. The average molecular weight is 287 g/mol. The molecule has 0 saturated carbocycles. The van der Waals surface area contributed by atoms with E-state index in [4.69, 9.17) is 0 Å². The van der Waals surface area contributed by atoms with Crippen LogP contribution in [0, 0.1) is 0 Å². The third-order valence-corrected chi connectivity index (χ3v) is 0. The summed E-state index contributed by atoms with van der Waals surface area (Å²) in [6.45, 7) is 0. The standard InChI is InChI=1S/Ba.Li.Mg.Mn.Ni.5H/q+2;+1;+2;;;5*-1. The van der Waals surface area contributed by atoms with Crippen LogP contribution in [0.15, 0.2) is 0 Å². The Labute approximate surface area is 129 Å². The average Bonchev–Trinajstić information content (AvgIpc) is 0. The summed E-state index contributed by atoms with van der Waals surface area (Å²) in [7, 11) is 0. The summed E-state index contributed by atoms with van der Waals surface area (Å²) < 4.78 is 0. The summed E-state index contributed by atoms with van der Waals surface area (Å²) in [5.74, 6) is 0. The number of hydrogen-bond donors (Lipinski definition) is 0. The van der Waals surface area contributed by atoms with Gasteiger partial charge in [-0.3, -0.25) is 0 Å². The summed E-state index contributed by atoms with van der Waals surface area (Å²) in [6.07, 6.45) is 0. The first-order valence-corrected chi connectivity index (χ1v) is 0. The van der Waals surface area contributed by atoms with Gasteiger partial charge in [0.1, 0.15) is 0 Å². The maximum atomic E-state index is 0. The molecule has 0 aromatic heterocycles. The van der Waals surface area contributed by atoms with Crippen molar-refractivity contribution in [2.45, 2.75) is 0 Å². The molecule has 0 fully saturated rings. The maximum Gasteiger partial charge on any atom is 2.00 e. The van der Waals surface area contributed by atoms with Crippen LogP contribution in [0.5, 0.6) is 0 Å². The van der Waals surface area contributed by atoms with Crippen molar-refractivity contribution in [2.24, 2.45) is 0 Å². The number of hydrogen-bond acceptors (Lipinski definition) is 0. The minimum atomic E-state index is 0. The van der Waals surface area contributed by atoms with Crippen LogP contribution in [0.25, 0.3) is 0 Å². The molecule has 0 spiro atoms. The van der Waals surface area contributed by atoms with Crippen LogP contribution in [0.3, 0.4) is 0 Å². The Morgan fingerprint density at radius 3 is 1.20 bits per heavy atom. The van der Waals surface area contributed by atoms with Gasteiger partial charge in [-0.1, -0.05) is 0 Å². The topological polar surface area (TPSA) is 0 Å². The fraction of sp³-hybridized carbons (Fsp3) is 0. The predicted molar refractivity (Wildman–Crippen MR) is 17.1 cm³/mol. The Kier molecular flexibility index (Phi) is 179. The second kappa shape index (κ2) is 24.6. The molecule has 1 radical (unpaired) electrons. The molecule has 0 bridgehead atoms. The Morgan fingerprint density at radius 1 is 1.20 bits per heavy atom. The molecule has 0 rings (SSSR count). The molecule has 0 saturated heterocycles. The molecular weight excluding hydrogens is 282 g/mol. The van der Waals surface area contributed by atoms with Crippen LogP contribution < -0.4 is 18.9 Å². The molecule has 0 aliphatic carbocycles. The van der Waals surface area contributed by atoms with Gasteiger partial charge in [0.15, 0.2) is 0 Å². The summed E-state index contributed by atoms with van der Waals surface area (Å²) in [5, 5.41) is 0. The van der Waals surface area contributed by atoms with Gasteiger partial charge in [-0.05, 0) is 0 Å². The normalized spacial score (nSPS) is 0. The largest absolute Gasteiger partial charge is 2.00 e. The molecule has 0 heterocycles. The van der Waals surface area contributed by atoms with Crippen molar-refractivity contribution < 1.29 is 59.6 Å². The van der Waals surface area contributed by atoms with Crippen molar-refractivity contribution in [1.29, 1.82) is 0 Å². The van der Waals surface area contributed by atoms with Crippen molar-refractivity contribution >= 4 is 71.9 Å². The van der Waals surface area contributed by atoms with Crippen LogP contribution >= 0.6 is 0 Å². The third kappa shape index (κ3) is 18.0. The fourth-order valence-electron chi connectivity index (χ4n) is 0. The summed E-state index contributed by atoms with van der Waals surface area (Å²) in [5.41, 5.74) is 0. The van der Waals surface area contributed by atoms with Crippen LogP contribution in [-0.4, -0.2) is 71.9 Å². The third-order valence-electron chi connectivity index (χ3n) is 0. The van der Waals surface area contributed by atoms with Crippen LogP contribution in [0.1, 0.15) is 7.13 Å². The fourth-order valence-corrected chi connectivity index (χ4v) is 0. The van der Waals surface area contributed by atoms with E-state index >= 15 is 0 Å². The van der Waals surface area contributed by atoms with Gasteiger partial charge in [-0.15, -0.1) is 0 Å². The SMILES string of the molecule is [Ba+2].[H-].[H-].[H-].[H-].[H-].[Li+].[Mg+2].[Mn].[Ni]. The van der Waals surface area contributed by atoms with Gasteiger partial charge in [0, 0.05) is 33.6 Å². The molecule has 0 aliphatic rings. The molecule has 5 heteroatoms. The van der Waals surface area contributed by atoms with Gasteiger partial charge in [-0.2, -0.15) is 0 Å². The molecule has 0 atom stereocenters. The van der Waals surface area contributed by atoms with Gasteiger partial charge < -0.3 is 7.13 Å². The number of rotatable bonds is 0. The molecule has 0 N–H and O–H groups in total. The van der Waals surface area contributed by atoms with Gasteiger partial charge in [-0.25, -0.2) is 0 Å². The summed E-state index contributed by atoms with van der Waals surface area (Å²) in [4.78, 5) is 0. The van der Waals surface area contributed by atoms with E-state index in [2.05, 4.69) is 0 Å². The van der Waals surface area contributed by atoms with E-state index in [1.807, 2.05) is 0 Å². The van der Waals surface area contributed by atoms with E-state index in [1.165, 1.54) is 0 Å². The zero-order chi connectivity index (χ0) is 0. The van der Waals surface area contributed by atoms with E-state index in [9.17, 15) is 0 Å². The smallest absolute Gasteiger partial charge is 1.00 e. The molecular formula is H5BaLiMgMnNi. The molecule has 0 nitrogen and oxygen atoms in total. The first kappa shape index (κ1) is 36.3. The summed E-state index contributed by atoms with van der Waals surface area (Å²) >= 11 is 0. The zero-order valence-corrected chi connectivity index (χ0v) is 11.1. The Bertz CT molecular complexity index is 21.6. The molecule has 0 aliphatic heterocycles. The van der Waals surface area contributed by atoms with E-state index in [1.54, 1.807) is 0 Å². The van der Waals surface area contributed by atoms with Crippen LogP contribution in [0.4, 0.5) is 0 Å². The quantitative estimate of drug-likeness (QED) is 0.412. The molecule has 5 heavy (non-hydrogen) atoms. The van der Waals surface area contributed by atoms with Crippen molar-refractivity contribution in [2.75, 3.05) is 0 Å². The second-order valence-corrected chi connectivity index (χ2v) is 0. The Hall–Kier alpha value is 3.95. The van der Waals surface area contributed by atoms with E-state index in [-0.39, 0.29) is 131 Å². The second-order valence-electron chi connectivity index (χ2n) is 0. The first-order valence-electron chi connectivity index (χ1n) is 0. The first-order chi connectivity index (χ1) is 0. The molecule has 0 amide bonds. The molecule has 0 unspecified atom stereocenters. The van der Waals surface area contributed by atoms with Crippen molar-refractivity contribution in [3.05, 3.63) is 0 Å². The Balaban J connectivity index is 0. The van der Waals surface area contributed by atoms with Crippen molar-refractivity contribution in [3.63, 3.8) is 0 Å². The molecule has 0 aromatic carbocycles. The van der Waals surface area contributed by atoms with Crippen molar-refractivity contribution in [1.82, 2.24) is 0 Å². The maximum absolute atomic E-state index is 0. The minimum Gasteiger partial charge on any atom is -1.00 e. The van der Waals surface area contributed by atoms with Gasteiger partial charge in [0.25, 0.3) is 0 Å². The van der Waals surface area contributed by atoms with E-state index in [0.29, 0.717) is 0 Å². The molecule has 27 valence electrons. The van der Waals surface area contributed by atoms with E-state index < -0.39 is 0 Å². The van der Waals surface area contributed by atoms with Crippen LogP contribution in [0.2, 0.25) is 0 Å². The van der Waals surface area contributed by atoms with Gasteiger partial charge in [0.2, 0.25) is 0 Å². The van der Waals surface area contributed by atoms with Crippen LogP contribution in [-0.2, 0) is 33.6 Å². The molecule has 0 aromatic rings. The van der Waals surface area contributed by atoms with Gasteiger partial charge in [0.05, 0.1) is 0 Å². The Morgan fingerprint density at radius 2 is 1.20 bits per heavy atom. The predicted octanol–water partition coefficient (Wildman–Crippen LogP) is -3.20. The zero-order valence-electron chi connectivity index (χ0n) is 8.11. The van der Waals surface area contributed by atoms with Crippen molar-refractivity contribution in [3.8, 4) is 0 Å².